The second-order valence-electron chi connectivity index (χ2n) is 7.24. The number of likely N-dealkylation sites (tertiary alicyclic amines) is 1. The highest BCUT2D eigenvalue weighted by Crippen LogP contribution is 2.40. The molecule has 2 N–H and O–H groups in total. The van der Waals surface area contributed by atoms with Gasteiger partial charge in [0.2, 0.25) is 0 Å². The van der Waals surface area contributed by atoms with Crippen molar-refractivity contribution in [3.63, 3.8) is 0 Å². The van der Waals surface area contributed by atoms with Gasteiger partial charge < -0.3 is 10.6 Å². The SMILES string of the molecule is CCN(CC)C1CCN(CC2CCC(C)(C)C2N)C1. The van der Waals surface area contributed by atoms with E-state index in [1.54, 1.807) is 0 Å². The third-order valence-electron chi connectivity index (χ3n) is 5.64. The van der Waals surface area contributed by atoms with Gasteiger partial charge in [0.05, 0.1) is 0 Å². The molecular weight excluding hydrogens is 234 g/mol. The van der Waals surface area contributed by atoms with Crippen LogP contribution in [0.15, 0.2) is 0 Å². The predicted molar refractivity (Wildman–Crippen MR) is 82.2 cm³/mol. The molecule has 1 saturated heterocycles. The molecule has 3 atom stereocenters. The van der Waals surface area contributed by atoms with Gasteiger partial charge in [-0.15, -0.1) is 0 Å². The molecule has 0 spiro atoms. The molecule has 19 heavy (non-hydrogen) atoms. The summed E-state index contributed by atoms with van der Waals surface area (Å²) in [4.78, 5) is 5.27. The molecule has 3 heteroatoms. The third kappa shape index (κ3) is 3.32. The van der Waals surface area contributed by atoms with E-state index in [2.05, 4.69) is 37.5 Å². The first kappa shape index (κ1) is 15.3. The molecule has 3 unspecified atom stereocenters. The van der Waals surface area contributed by atoms with Gasteiger partial charge in [0.25, 0.3) is 0 Å². The van der Waals surface area contributed by atoms with Gasteiger partial charge in [0.1, 0.15) is 0 Å². The Hall–Kier alpha value is -0.120. The lowest BCUT2D eigenvalue weighted by molar-refractivity contribution is 0.193. The van der Waals surface area contributed by atoms with Crippen molar-refractivity contribution in [2.24, 2.45) is 17.1 Å². The minimum absolute atomic E-state index is 0.350. The fraction of sp³-hybridized carbons (Fsp3) is 1.00. The summed E-state index contributed by atoms with van der Waals surface area (Å²) in [6, 6.07) is 1.17. The zero-order chi connectivity index (χ0) is 14.0. The van der Waals surface area contributed by atoms with Gasteiger partial charge in [-0.25, -0.2) is 0 Å². The lowest BCUT2D eigenvalue weighted by Crippen LogP contribution is -2.43. The summed E-state index contributed by atoms with van der Waals surface area (Å²) in [7, 11) is 0. The average Bonchev–Trinajstić information content (AvgIpc) is 2.92. The Kier molecular flexibility index (Phi) is 4.91. The molecule has 0 aromatic carbocycles. The van der Waals surface area contributed by atoms with Crippen LogP contribution < -0.4 is 5.73 Å². The fourth-order valence-electron chi connectivity index (χ4n) is 4.09. The molecule has 0 aromatic heterocycles. The normalized spacial score (nSPS) is 35.4. The number of hydrogen-bond donors (Lipinski definition) is 1. The van der Waals surface area contributed by atoms with E-state index in [0.717, 1.165) is 6.04 Å². The van der Waals surface area contributed by atoms with E-state index >= 15 is 0 Å². The molecule has 1 saturated carbocycles. The Labute approximate surface area is 119 Å². The lowest BCUT2D eigenvalue weighted by atomic mass is 9.85. The van der Waals surface area contributed by atoms with Gasteiger partial charge in [0.15, 0.2) is 0 Å². The monoisotopic (exact) mass is 267 g/mol. The minimum atomic E-state index is 0.350. The standard InChI is InChI=1S/C16H33N3/c1-5-19(6-2)14-8-10-18(12-14)11-13-7-9-16(3,4)15(13)17/h13-15H,5-12,17H2,1-4H3. The van der Waals surface area contributed by atoms with Crippen LogP contribution in [-0.2, 0) is 0 Å². The summed E-state index contributed by atoms with van der Waals surface area (Å²) < 4.78 is 0. The van der Waals surface area contributed by atoms with Crippen LogP contribution in [0.2, 0.25) is 0 Å². The number of likely N-dealkylation sites (N-methyl/N-ethyl adjacent to an activating group) is 1. The molecule has 2 fully saturated rings. The molecule has 0 amide bonds. The van der Waals surface area contributed by atoms with Crippen LogP contribution in [0, 0.1) is 11.3 Å². The van der Waals surface area contributed by atoms with Gasteiger partial charge in [-0.3, -0.25) is 4.90 Å². The van der Waals surface area contributed by atoms with Crippen LogP contribution in [-0.4, -0.2) is 54.6 Å². The first-order valence-corrected chi connectivity index (χ1v) is 8.20. The van der Waals surface area contributed by atoms with Crippen molar-refractivity contribution >= 4 is 0 Å². The van der Waals surface area contributed by atoms with Crippen LogP contribution in [0.1, 0.15) is 47.0 Å². The van der Waals surface area contributed by atoms with Crippen molar-refractivity contribution in [1.82, 2.24) is 9.80 Å². The zero-order valence-corrected chi connectivity index (χ0v) is 13.4. The average molecular weight is 267 g/mol. The molecule has 1 heterocycles. The Bertz CT molecular complexity index is 286. The molecule has 2 aliphatic rings. The van der Waals surface area contributed by atoms with E-state index in [4.69, 9.17) is 5.73 Å². The Morgan fingerprint density at radius 2 is 1.89 bits per heavy atom. The van der Waals surface area contributed by atoms with Crippen molar-refractivity contribution in [3.05, 3.63) is 0 Å². The third-order valence-corrected chi connectivity index (χ3v) is 5.64. The molecule has 0 radical (unpaired) electrons. The molecule has 1 aliphatic heterocycles. The molecule has 1 aliphatic carbocycles. The highest BCUT2D eigenvalue weighted by Gasteiger charge is 2.40. The van der Waals surface area contributed by atoms with Crippen LogP contribution in [0.4, 0.5) is 0 Å². The smallest absolute Gasteiger partial charge is 0.0235 e. The molecule has 0 aromatic rings. The van der Waals surface area contributed by atoms with Gasteiger partial charge >= 0.3 is 0 Å². The first-order valence-electron chi connectivity index (χ1n) is 8.20. The Morgan fingerprint density at radius 3 is 2.42 bits per heavy atom. The maximum Gasteiger partial charge on any atom is 0.0235 e. The molecule has 112 valence electrons. The number of hydrogen-bond acceptors (Lipinski definition) is 3. The fourth-order valence-corrected chi connectivity index (χ4v) is 4.09. The largest absolute Gasteiger partial charge is 0.327 e. The quantitative estimate of drug-likeness (QED) is 0.828. The first-order chi connectivity index (χ1) is 8.97. The van der Waals surface area contributed by atoms with Gasteiger partial charge in [-0.2, -0.15) is 0 Å². The number of rotatable bonds is 5. The van der Waals surface area contributed by atoms with E-state index in [-0.39, 0.29) is 0 Å². The highest BCUT2D eigenvalue weighted by atomic mass is 15.2. The summed E-state index contributed by atoms with van der Waals surface area (Å²) in [5.74, 6) is 0.713. The predicted octanol–water partition coefficient (Wildman–Crippen LogP) is 2.17. The maximum absolute atomic E-state index is 6.44. The second kappa shape index (κ2) is 6.11. The van der Waals surface area contributed by atoms with Gasteiger partial charge in [-0.05, 0) is 50.2 Å². The Balaban J connectivity index is 1.83. The summed E-state index contributed by atoms with van der Waals surface area (Å²) in [5, 5.41) is 0. The topological polar surface area (TPSA) is 32.5 Å². The maximum atomic E-state index is 6.44. The minimum Gasteiger partial charge on any atom is -0.327 e. The van der Waals surface area contributed by atoms with Crippen molar-refractivity contribution in [1.29, 1.82) is 0 Å². The van der Waals surface area contributed by atoms with Crippen molar-refractivity contribution in [2.75, 3.05) is 32.7 Å². The lowest BCUT2D eigenvalue weighted by Gasteiger charge is -2.30. The van der Waals surface area contributed by atoms with Crippen molar-refractivity contribution in [3.8, 4) is 0 Å². The van der Waals surface area contributed by atoms with E-state index in [9.17, 15) is 0 Å². The van der Waals surface area contributed by atoms with E-state index in [1.807, 2.05) is 0 Å². The van der Waals surface area contributed by atoms with E-state index in [0.29, 0.717) is 17.4 Å². The molecule has 2 rings (SSSR count). The van der Waals surface area contributed by atoms with Gasteiger partial charge in [-0.1, -0.05) is 27.7 Å². The molecule has 3 nitrogen and oxygen atoms in total. The van der Waals surface area contributed by atoms with Gasteiger partial charge in [0, 0.05) is 25.2 Å². The number of nitrogens with zero attached hydrogens (tertiary/aromatic N) is 2. The van der Waals surface area contributed by atoms with E-state index in [1.165, 1.54) is 52.0 Å². The molecule has 0 bridgehead atoms. The van der Waals surface area contributed by atoms with Crippen LogP contribution in [0.5, 0.6) is 0 Å². The molecular formula is C16H33N3. The number of nitrogens with two attached hydrogens (primary N) is 1. The summed E-state index contributed by atoms with van der Waals surface area (Å²) >= 11 is 0. The van der Waals surface area contributed by atoms with Crippen LogP contribution in [0.3, 0.4) is 0 Å². The van der Waals surface area contributed by atoms with Crippen LogP contribution >= 0.6 is 0 Å². The summed E-state index contributed by atoms with van der Waals surface area (Å²) in [6.45, 7) is 15.3. The summed E-state index contributed by atoms with van der Waals surface area (Å²) in [5.41, 5.74) is 6.79. The Morgan fingerprint density at radius 1 is 1.21 bits per heavy atom. The van der Waals surface area contributed by atoms with Crippen molar-refractivity contribution in [2.45, 2.75) is 59.0 Å². The second-order valence-corrected chi connectivity index (χ2v) is 7.24. The van der Waals surface area contributed by atoms with Crippen molar-refractivity contribution < 1.29 is 0 Å². The highest BCUT2D eigenvalue weighted by molar-refractivity contribution is 4.96. The van der Waals surface area contributed by atoms with E-state index < -0.39 is 0 Å². The van der Waals surface area contributed by atoms with Crippen LogP contribution in [0.25, 0.3) is 0 Å². The zero-order valence-electron chi connectivity index (χ0n) is 13.4. The summed E-state index contributed by atoms with van der Waals surface area (Å²) in [6.07, 6.45) is 3.96.